The Morgan fingerprint density at radius 2 is 0.896 bits per heavy atom. The standard InChI is InChI=1S/C60H34N6O/c61-34-36-23-27-54-44(30-36)42-14-3-9-21-53(42)66(54)39-32-49-59(63-35-39)58-48(17-11-29-62-58)60(49)46-16-5-10-22-56(46)67-57-33-38(24-26-47(57)60)65-52-20-8-4-15-43(52)45-31-37(25-28-55(45)65)64-50-18-6-1-12-40(50)41-13-2-7-19-51(41)64/h1-33,35H. The SMILES string of the molecule is N#Cc1ccc2c(c1)c1ccccc1n2-c1cnc2c(c1)C1(c3ccccc3Oc3cc(-n4c5ccccc5c5cc(-n6c7ccccc7c7ccccc76)ccc54)ccc31)c1cccnc1-2. The minimum Gasteiger partial charge on any atom is -0.457 e. The zero-order valence-corrected chi connectivity index (χ0v) is 35.7. The summed E-state index contributed by atoms with van der Waals surface area (Å²) in [7, 11) is 0. The van der Waals surface area contributed by atoms with Crippen LogP contribution in [0.1, 0.15) is 27.8 Å². The molecule has 15 rings (SSSR count). The Balaban J connectivity index is 0.958. The second kappa shape index (κ2) is 13.2. The largest absolute Gasteiger partial charge is 0.457 e. The summed E-state index contributed by atoms with van der Waals surface area (Å²) in [5.74, 6) is 1.57. The van der Waals surface area contributed by atoms with E-state index >= 15 is 0 Å². The Hall–Kier alpha value is -9.25. The van der Waals surface area contributed by atoms with E-state index in [2.05, 4.69) is 184 Å². The van der Waals surface area contributed by atoms with E-state index in [0.29, 0.717) is 5.56 Å². The molecule has 1 atom stereocenters. The number of hydrogen-bond donors (Lipinski definition) is 0. The lowest BCUT2D eigenvalue weighted by Gasteiger charge is -2.39. The van der Waals surface area contributed by atoms with Gasteiger partial charge in [0, 0.05) is 72.6 Å². The van der Waals surface area contributed by atoms with Crippen molar-refractivity contribution in [3.05, 3.63) is 234 Å². The lowest BCUT2D eigenvalue weighted by Crippen LogP contribution is -2.32. The maximum absolute atomic E-state index is 9.87. The molecule has 13 aromatic rings. The predicted octanol–water partition coefficient (Wildman–Crippen LogP) is 14.1. The maximum Gasteiger partial charge on any atom is 0.134 e. The highest BCUT2D eigenvalue weighted by atomic mass is 16.5. The molecule has 0 N–H and O–H groups in total. The van der Waals surface area contributed by atoms with Crippen molar-refractivity contribution in [3.8, 4) is 46.0 Å². The van der Waals surface area contributed by atoms with E-state index in [9.17, 15) is 5.26 Å². The quantitative estimate of drug-likeness (QED) is 0.177. The van der Waals surface area contributed by atoms with Crippen molar-refractivity contribution in [1.82, 2.24) is 23.7 Å². The van der Waals surface area contributed by atoms with E-state index < -0.39 is 5.41 Å². The monoisotopic (exact) mass is 854 g/mol. The molecule has 1 aliphatic carbocycles. The van der Waals surface area contributed by atoms with E-state index in [1.165, 1.54) is 32.6 Å². The molecule has 67 heavy (non-hydrogen) atoms. The van der Waals surface area contributed by atoms with Crippen molar-refractivity contribution < 1.29 is 4.74 Å². The number of pyridine rings is 2. The average molecular weight is 855 g/mol. The lowest BCUT2D eigenvalue weighted by atomic mass is 9.66. The summed E-state index contributed by atoms with van der Waals surface area (Å²) in [6.45, 7) is 0. The van der Waals surface area contributed by atoms with Gasteiger partial charge >= 0.3 is 0 Å². The second-order valence-corrected chi connectivity index (χ2v) is 17.6. The Morgan fingerprint density at radius 1 is 0.388 bits per heavy atom. The summed E-state index contributed by atoms with van der Waals surface area (Å²) < 4.78 is 14.1. The Labute approximate surface area is 383 Å². The molecule has 6 heterocycles. The highest BCUT2D eigenvalue weighted by Crippen LogP contribution is 2.62. The van der Waals surface area contributed by atoms with Gasteiger partial charge in [-0.2, -0.15) is 5.26 Å². The first-order valence-electron chi connectivity index (χ1n) is 22.5. The molecule has 0 saturated carbocycles. The molecule has 310 valence electrons. The minimum absolute atomic E-state index is 0.628. The molecule has 0 fully saturated rings. The van der Waals surface area contributed by atoms with Gasteiger partial charge in [-0.3, -0.25) is 9.97 Å². The molecular weight excluding hydrogens is 821 g/mol. The highest BCUT2D eigenvalue weighted by molar-refractivity contribution is 6.13. The van der Waals surface area contributed by atoms with Crippen LogP contribution in [0.5, 0.6) is 11.5 Å². The van der Waals surface area contributed by atoms with Crippen LogP contribution >= 0.6 is 0 Å². The number of nitriles is 1. The van der Waals surface area contributed by atoms with E-state index in [1.807, 2.05) is 42.7 Å². The van der Waals surface area contributed by atoms with Gasteiger partial charge in [-0.05, 0) is 90.5 Å². The number of nitrogens with zero attached hydrogens (tertiary/aromatic N) is 6. The number of para-hydroxylation sites is 5. The van der Waals surface area contributed by atoms with Crippen molar-refractivity contribution in [2.45, 2.75) is 5.41 Å². The van der Waals surface area contributed by atoms with Gasteiger partial charge in [-0.15, -0.1) is 0 Å². The van der Waals surface area contributed by atoms with E-state index in [0.717, 1.165) is 95.0 Å². The molecule has 0 saturated heterocycles. The molecule has 7 nitrogen and oxygen atoms in total. The third-order valence-corrected chi connectivity index (χ3v) is 14.4. The van der Waals surface area contributed by atoms with E-state index in [-0.39, 0.29) is 0 Å². The third kappa shape index (κ3) is 4.68. The van der Waals surface area contributed by atoms with Crippen LogP contribution in [0.15, 0.2) is 207 Å². The molecule has 0 radical (unpaired) electrons. The van der Waals surface area contributed by atoms with Crippen molar-refractivity contribution in [2.24, 2.45) is 0 Å². The van der Waals surface area contributed by atoms with E-state index in [4.69, 9.17) is 14.7 Å². The van der Waals surface area contributed by atoms with Gasteiger partial charge in [-0.1, -0.05) is 103 Å². The number of ether oxygens (including phenoxy) is 1. The number of benzene rings is 8. The van der Waals surface area contributed by atoms with Gasteiger partial charge < -0.3 is 18.4 Å². The Kier molecular flexibility index (Phi) is 7.10. The molecule has 0 bridgehead atoms. The maximum atomic E-state index is 9.87. The first-order valence-corrected chi connectivity index (χ1v) is 22.5. The van der Waals surface area contributed by atoms with Crippen LogP contribution in [0.2, 0.25) is 0 Å². The number of rotatable bonds is 3. The summed E-state index contributed by atoms with van der Waals surface area (Å²) >= 11 is 0. The summed E-state index contributed by atoms with van der Waals surface area (Å²) in [6, 6.07) is 71.2. The molecule has 7 heteroatoms. The van der Waals surface area contributed by atoms with Gasteiger partial charge in [0.1, 0.15) is 11.5 Å². The Bertz CT molecular complexity index is 4300. The van der Waals surface area contributed by atoms with Gasteiger partial charge in [-0.25, -0.2) is 0 Å². The van der Waals surface area contributed by atoms with Crippen LogP contribution in [-0.4, -0.2) is 23.7 Å². The van der Waals surface area contributed by atoms with Crippen LogP contribution in [0, 0.1) is 11.3 Å². The molecule has 2 aliphatic rings. The third-order valence-electron chi connectivity index (χ3n) is 14.4. The molecule has 5 aromatic heterocycles. The van der Waals surface area contributed by atoms with E-state index in [1.54, 1.807) is 0 Å². The van der Waals surface area contributed by atoms with Crippen LogP contribution in [0.3, 0.4) is 0 Å². The minimum atomic E-state index is -0.796. The lowest BCUT2D eigenvalue weighted by molar-refractivity contribution is 0.436. The van der Waals surface area contributed by atoms with Crippen molar-refractivity contribution in [2.75, 3.05) is 0 Å². The second-order valence-electron chi connectivity index (χ2n) is 17.6. The van der Waals surface area contributed by atoms with Crippen LogP contribution in [0.25, 0.3) is 93.9 Å². The van der Waals surface area contributed by atoms with Gasteiger partial charge in [0.15, 0.2) is 0 Å². The smallest absolute Gasteiger partial charge is 0.134 e. The predicted molar refractivity (Wildman–Crippen MR) is 267 cm³/mol. The van der Waals surface area contributed by atoms with Crippen molar-refractivity contribution >= 4 is 65.4 Å². The summed E-state index contributed by atoms with van der Waals surface area (Å²) in [5, 5.41) is 16.8. The number of hydrogen-bond acceptors (Lipinski definition) is 4. The van der Waals surface area contributed by atoms with Gasteiger partial charge in [0.05, 0.1) is 73.4 Å². The first-order chi connectivity index (χ1) is 33.2. The fraction of sp³-hybridized carbons (Fsp3) is 0.0167. The van der Waals surface area contributed by atoms with Gasteiger partial charge in [0.2, 0.25) is 0 Å². The fourth-order valence-corrected chi connectivity index (χ4v) is 11.7. The summed E-state index contributed by atoms with van der Waals surface area (Å²) in [4.78, 5) is 10.3. The fourth-order valence-electron chi connectivity index (χ4n) is 11.7. The zero-order chi connectivity index (χ0) is 44.0. The Morgan fingerprint density at radius 3 is 1.58 bits per heavy atom. The van der Waals surface area contributed by atoms with Crippen molar-refractivity contribution in [1.29, 1.82) is 5.26 Å². The zero-order valence-electron chi connectivity index (χ0n) is 35.7. The van der Waals surface area contributed by atoms with Gasteiger partial charge in [0.25, 0.3) is 0 Å². The topological polar surface area (TPSA) is 73.6 Å². The summed E-state index contributed by atoms with van der Waals surface area (Å²) in [5.41, 5.74) is 15.4. The van der Waals surface area contributed by atoms with Crippen LogP contribution in [0.4, 0.5) is 0 Å². The molecular formula is C60H34N6O. The number of aromatic nitrogens is 5. The van der Waals surface area contributed by atoms with Crippen molar-refractivity contribution in [3.63, 3.8) is 0 Å². The average Bonchev–Trinajstić information content (AvgIpc) is 4.10. The molecule has 8 aromatic carbocycles. The molecule has 1 spiro atoms. The first kappa shape index (κ1) is 36.1. The van der Waals surface area contributed by atoms with Crippen LogP contribution in [-0.2, 0) is 5.41 Å². The number of fused-ring (bicyclic) bond motifs is 18. The molecule has 1 aliphatic heterocycles. The highest BCUT2D eigenvalue weighted by Gasteiger charge is 2.52. The summed E-state index contributed by atoms with van der Waals surface area (Å²) in [6.07, 6.45) is 3.83. The molecule has 1 unspecified atom stereocenters. The van der Waals surface area contributed by atoms with Crippen LogP contribution < -0.4 is 4.74 Å². The molecule has 0 amide bonds. The normalized spacial score (nSPS) is 14.7.